The minimum Gasteiger partial charge on any atom is -0.454 e. The first-order valence-corrected chi connectivity index (χ1v) is 12.7. The molecule has 3 aromatic rings. The number of carbonyl (C=O) groups is 1. The number of ether oxygens (including phenoxy) is 3. The van der Waals surface area contributed by atoms with Crippen molar-refractivity contribution in [3.63, 3.8) is 0 Å². The van der Waals surface area contributed by atoms with Gasteiger partial charge in [-0.15, -0.1) is 0 Å². The van der Waals surface area contributed by atoms with Crippen molar-refractivity contribution in [1.82, 2.24) is 9.47 Å². The lowest BCUT2D eigenvalue weighted by atomic mass is 10.1. The van der Waals surface area contributed by atoms with E-state index >= 15 is 0 Å². The monoisotopic (exact) mass is 499 g/mol. The summed E-state index contributed by atoms with van der Waals surface area (Å²) in [7, 11) is 0. The highest BCUT2D eigenvalue weighted by atomic mass is 16.7. The molecule has 37 heavy (non-hydrogen) atoms. The van der Waals surface area contributed by atoms with Crippen molar-refractivity contribution >= 4 is 17.3 Å². The van der Waals surface area contributed by atoms with E-state index in [4.69, 9.17) is 14.2 Å². The molecule has 0 atom stereocenters. The average Bonchev–Trinajstić information content (AvgIpc) is 3.63. The summed E-state index contributed by atoms with van der Waals surface area (Å²) in [6.07, 6.45) is 5.79. The van der Waals surface area contributed by atoms with Crippen molar-refractivity contribution in [3.05, 3.63) is 66.0 Å². The molecule has 2 fully saturated rings. The Hall–Kier alpha value is -4.00. The zero-order valence-corrected chi connectivity index (χ0v) is 20.6. The first-order valence-electron chi connectivity index (χ1n) is 12.7. The molecule has 3 aliphatic heterocycles. The molecule has 1 amide bonds. The molecule has 0 aliphatic carbocycles. The molecule has 0 spiro atoms. The van der Waals surface area contributed by atoms with Crippen LogP contribution < -0.4 is 19.7 Å². The van der Waals surface area contributed by atoms with E-state index in [0.717, 1.165) is 63.6 Å². The molecule has 2 saturated heterocycles. The van der Waals surface area contributed by atoms with E-state index in [2.05, 4.69) is 21.2 Å². The lowest BCUT2D eigenvalue weighted by Gasteiger charge is -2.41. The minimum atomic E-state index is -0.235. The Morgan fingerprint density at radius 2 is 1.78 bits per heavy atom. The number of rotatable bonds is 5. The Bertz CT molecular complexity index is 1330. The lowest BCUT2D eigenvalue weighted by Crippen LogP contribution is -2.51. The van der Waals surface area contributed by atoms with Gasteiger partial charge in [-0.3, -0.25) is 9.69 Å². The predicted octanol–water partition coefficient (Wildman–Crippen LogP) is 3.63. The van der Waals surface area contributed by atoms with Gasteiger partial charge >= 0.3 is 0 Å². The SMILES string of the molecule is N#Cc1cc(NC(=O)c2ccn(-c3ccc4c(c3)OCO4)c2)ccc1N1CCN(C2CCOCC2)CC1. The summed E-state index contributed by atoms with van der Waals surface area (Å²) in [5.74, 6) is 1.17. The molecule has 190 valence electrons. The van der Waals surface area contributed by atoms with E-state index in [1.165, 1.54) is 0 Å². The smallest absolute Gasteiger partial charge is 0.257 e. The maximum Gasteiger partial charge on any atom is 0.257 e. The summed E-state index contributed by atoms with van der Waals surface area (Å²) in [6.45, 7) is 5.63. The maximum atomic E-state index is 12.9. The summed E-state index contributed by atoms with van der Waals surface area (Å²) >= 11 is 0. The van der Waals surface area contributed by atoms with Gasteiger partial charge in [-0.05, 0) is 49.2 Å². The lowest BCUT2D eigenvalue weighted by molar-refractivity contribution is 0.0321. The maximum absolute atomic E-state index is 12.9. The Labute approximate surface area is 215 Å². The number of carbonyl (C=O) groups excluding carboxylic acids is 1. The van der Waals surface area contributed by atoms with E-state index in [1.807, 2.05) is 41.1 Å². The predicted molar refractivity (Wildman–Crippen MR) is 139 cm³/mol. The van der Waals surface area contributed by atoms with E-state index in [-0.39, 0.29) is 12.7 Å². The van der Waals surface area contributed by atoms with Crippen LogP contribution in [-0.2, 0) is 4.74 Å². The van der Waals surface area contributed by atoms with Gasteiger partial charge in [-0.25, -0.2) is 0 Å². The topological polar surface area (TPSA) is 92.0 Å². The van der Waals surface area contributed by atoms with Gasteiger partial charge < -0.3 is 29.0 Å². The van der Waals surface area contributed by atoms with Crippen molar-refractivity contribution < 1.29 is 19.0 Å². The molecule has 1 N–H and O–H groups in total. The van der Waals surface area contributed by atoms with Crippen LogP contribution in [0.4, 0.5) is 11.4 Å². The second kappa shape index (κ2) is 10.2. The number of hydrogen-bond donors (Lipinski definition) is 1. The molecule has 9 heteroatoms. The molecular formula is C28H29N5O4. The fourth-order valence-corrected chi connectivity index (χ4v) is 5.30. The van der Waals surface area contributed by atoms with Crippen LogP contribution in [0.1, 0.15) is 28.8 Å². The van der Waals surface area contributed by atoms with E-state index in [0.29, 0.717) is 34.4 Å². The van der Waals surface area contributed by atoms with Crippen molar-refractivity contribution in [3.8, 4) is 23.3 Å². The van der Waals surface area contributed by atoms with Gasteiger partial charge in [0.1, 0.15) is 6.07 Å². The molecule has 6 rings (SSSR count). The average molecular weight is 500 g/mol. The largest absolute Gasteiger partial charge is 0.454 e. The van der Waals surface area contributed by atoms with Gasteiger partial charge in [0.2, 0.25) is 6.79 Å². The number of amides is 1. The normalized spacial score (nSPS) is 18.0. The summed E-state index contributed by atoms with van der Waals surface area (Å²) in [5.41, 5.74) is 3.47. The molecular weight excluding hydrogens is 470 g/mol. The molecule has 1 aromatic heterocycles. The highest BCUT2D eigenvalue weighted by Gasteiger charge is 2.26. The number of hydrogen-bond acceptors (Lipinski definition) is 7. The molecule has 4 heterocycles. The van der Waals surface area contributed by atoms with Crippen molar-refractivity contribution in [1.29, 1.82) is 5.26 Å². The van der Waals surface area contributed by atoms with Crippen LogP contribution in [0.25, 0.3) is 5.69 Å². The van der Waals surface area contributed by atoms with Crippen molar-refractivity contribution in [2.24, 2.45) is 0 Å². The van der Waals surface area contributed by atoms with Crippen molar-refractivity contribution in [2.75, 3.05) is 56.4 Å². The van der Waals surface area contributed by atoms with Crippen LogP contribution in [0.3, 0.4) is 0 Å². The zero-order chi connectivity index (χ0) is 25.2. The van der Waals surface area contributed by atoms with Gasteiger partial charge in [0, 0.05) is 75.3 Å². The molecule has 0 unspecified atom stereocenters. The molecule has 0 bridgehead atoms. The second-order valence-electron chi connectivity index (χ2n) is 9.51. The highest BCUT2D eigenvalue weighted by molar-refractivity contribution is 6.04. The molecule has 0 radical (unpaired) electrons. The van der Waals surface area contributed by atoms with Gasteiger partial charge in [0.25, 0.3) is 5.91 Å². The quantitative estimate of drug-likeness (QED) is 0.573. The summed E-state index contributed by atoms with van der Waals surface area (Å²) in [4.78, 5) is 17.8. The molecule has 3 aliphatic rings. The summed E-state index contributed by atoms with van der Waals surface area (Å²) in [5, 5.41) is 12.8. The van der Waals surface area contributed by atoms with Crippen LogP contribution in [0.5, 0.6) is 11.5 Å². The number of nitrogens with zero attached hydrogens (tertiary/aromatic N) is 4. The van der Waals surface area contributed by atoms with Gasteiger partial charge in [0.15, 0.2) is 11.5 Å². The first kappa shape index (κ1) is 23.4. The van der Waals surface area contributed by atoms with Crippen LogP contribution in [0, 0.1) is 11.3 Å². The number of piperazine rings is 1. The van der Waals surface area contributed by atoms with E-state index in [9.17, 15) is 10.1 Å². The van der Waals surface area contributed by atoms with Crippen LogP contribution in [0.2, 0.25) is 0 Å². The van der Waals surface area contributed by atoms with Crippen molar-refractivity contribution in [2.45, 2.75) is 18.9 Å². The third-order valence-corrected chi connectivity index (χ3v) is 7.35. The van der Waals surface area contributed by atoms with Gasteiger partial charge in [-0.1, -0.05) is 0 Å². The van der Waals surface area contributed by atoms with Crippen LogP contribution in [0.15, 0.2) is 54.9 Å². The number of nitriles is 1. The number of benzene rings is 2. The first-order chi connectivity index (χ1) is 18.2. The summed E-state index contributed by atoms with van der Waals surface area (Å²) in [6, 6.07) is 15.9. The molecule has 0 saturated carbocycles. The Kier molecular flexibility index (Phi) is 6.43. The second-order valence-corrected chi connectivity index (χ2v) is 9.51. The van der Waals surface area contributed by atoms with E-state index < -0.39 is 0 Å². The Morgan fingerprint density at radius 1 is 0.973 bits per heavy atom. The number of fused-ring (bicyclic) bond motifs is 1. The minimum absolute atomic E-state index is 0.216. The fourth-order valence-electron chi connectivity index (χ4n) is 5.30. The summed E-state index contributed by atoms with van der Waals surface area (Å²) < 4.78 is 18.2. The Morgan fingerprint density at radius 3 is 2.59 bits per heavy atom. The number of nitrogens with one attached hydrogen (secondary N) is 1. The highest BCUT2D eigenvalue weighted by Crippen LogP contribution is 2.34. The standard InChI is InChI=1S/C28H29N5O4/c29-17-21-15-22(1-3-25(21)32-11-9-31(10-12-32)23-6-13-35-14-7-23)30-28(34)20-5-8-33(18-20)24-2-4-26-27(16-24)37-19-36-26/h1-5,8,15-16,18,23H,6-7,9-14,19H2,(H,30,34). The third-order valence-electron chi connectivity index (χ3n) is 7.35. The molecule has 2 aromatic carbocycles. The fraction of sp³-hybridized carbons (Fsp3) is 0.357. The van der Waals surface area contributed by atoms with Crippen LogP contribution in [-0.4, -0.2) is 67.6 Å². The van der Waals surface area contributed by atoms with E-state index in [1.54, 1.807) is 18.3 Å². The Balaban J connectivity index is 1.10. The van der Waals surface area contributed by atoms with Crippen LogP contribution >= 0.6 is 0 Å². The zero-order valence-electron chi connectivity index (χ0n) is 20.6. The molecule has 9 nitrogen and oxygen atoms in total. The third kappa shape index (κ3) is 4.86. The number of aromatic nitrogens is 1. The van der Waals surface area contributed by atoms with Gasteiger partial charge in [-0.2, -0.15) is 5.26 Å². The number of anilines is 2. The van der Waals surface area contributed by atoms with Gasteiger partial charge in [0.05, 0.1) is 16.8 Å².